The summed E-state index contributed by atoms with van der Waals surface area (Å²) in [7, 11) is 0. The van der Waals surface area contributed by atoms with E-state index in [0.29, 0.717) is 0 Å². The zero-order valence-electron chi connectivity index (χ0n) is 10.8. The van der Waals surface area contributed by atoms with E-state index in [1.54, 1.807) is 30.3 Å². The van der Waals surface area contributed by atoms with E-state index in [1.165, 1.54) is 12.1 Å². The van der Waals surface area contributed by atoms with Crippen LogP contribution in [-0.2, 0) is 6.54 Å². The van der Waals surface area contributed by atoms with E-state index in [1.807, 2.05) is 0 Å². The third kappa shape index (κ3) is 3.74. The van der Waals surface area contributed by atoms with E-state index in [0.717, 1.165) is 5.56 Å². The molecule has 0 bridgehead atoms. The molecule has 21 heavy (non-hydrogen) atoms. The monoisotopic (exact) mass is 323 g/mol. The molecular weight excluding hydrogens is 313 g/mol. The van der Waals surface area contributed by atoms with Gasteiger partial charge in [-0.3, -0.25) is 4.79 Å². The number of carbonyl (C=O) groups is 2. The van der Waals surface area contributed by atoms with Crippen LogP contribution in [0.5, 0.6) is 0 Å². The van der Waals surface area contributed by atoms with Crippen LogP contribution in [0.1, 0.15) is 26.3 Å². The second-order valence-corrected chi connectivity index (χ2v) is 5.10. The van der Waals surface area contributed by atoms with Crippen molar-refractivity contribution in [3.63, 3.8) is 0 Å². The van der Waals surface area contributed by atoms with Crippen LogP contribution in [-0.4, -0.2) is 17.0 Å². The molecule has 4 nitrogen and oxygen atoms in total. The second kappa shape index (κ2) is 6.61. The summed E-state index contributed by atoms with van der Waals surface area (Å²) < 4.78 is 0. The van der Waals surface area contributed by atoms with E-state index in [-0.39, 0.29) is 33.6 Å². The quantitative estimate of drug-likeness (QED) is 0.903. The minimum atomic E-state index is -0.992. The fraction of sp³-hybridized carbons (Fsp3) is 0.0667. The molecule has 0 aliphatic carbocycles. The number of carboxylic acid groups (broad SMARTS) is 1. The molecule has 0 radical (unpaired) electrons. The first-order chi connectivity index (χ1) is 9.99. The summed E-state index contributed by atoms with van der Waals surface area (Å²) >= 11 is 11.9. The molecule has 0 fully saturated rings. The molecule has 108 valence electrons. The number of halogens is 2. The maximum atomic E-state index is 12.1. The van der Waals surface area contributed by atoms with Gasteiger partial charge in [0.05, 0.1) is 21.2 Å². The molecule has 2 rings (SSSR count). The van der Waals surface area contributed by atoms with Gasteiger partial charge in [0.25, 0.3) is 5.91 Å². The van der Waals surface area contributed by atoms with Gasteiger partial charge >= 0.3 is 5.97 Å². The molecule has 2 N–H and O–H groups in total. The number of hydrogen-bond acceptors (Lipinski definition) is 2. The van der Waals surface area contributed by atoms with Crippen molar-refractivity contribution in [2.45, 2.75) is 6.54 Å². The lowest BCUT2D eigenvalue weighted by molar-refractivity contribution is 0.0696. The number of aromatic carboxylic acids is 1. The van der Waals surface area contributed by atoms with Gasteiger partial charge in [-0.15, -0.1) is 0 Å². The Kier molecular flexibility index (Phi) is 4.83. The SMILES string of the molecule is O=C(O)c1ccc(CNC(=O)c2c(Cl)cccc2Cl)cc1. The van der Waals surface area contributed by atoms with Gasteiger partial charge in [-0.1, -0.05) is 41.4 Å². The van der Waals surface area contributed by atoms with Crippen molar-refractivity contribution in [2.75, 3.05) is 0 Å². The van der Waals surface area contributed by atoms with Crippen molar-refractivity contribution in [1.82, 2.24) is 5.32 Å². The average molecular weight is 324 g/mol. The van der Waals surface area contributed by atoms with Crippen LogP contribution in [0.2, 0.25) is 10.0 Å². The molecule has 0 saturated heterocycles. The van der Waals surface area contributed by atoms with Crippen LogP contribution in [0, 0.1) is 0 Å². The molecule has 0 aliphatic heterocycles. The Morgan fingerprint density at radius 2 is 1.57 bits per heavy atom. The van der Waals surface area contributed by atoms with E-state index < -0.39 is 5.97 Å². The Bertz CT molecular complexity index is 664. The lowest BCUT2D eigenvalue weighted by Gasteiger charge is -2.08. The number of carbonyl (C=O) groups excluding carboxylic acids is 1. The molecule has 1 amide bonds. The van der Waals surface area contributed by atoms with E-state index >= 15 is 0 Å². The van der Waals surface area contributed by atoms with Crippen LogP contribution in [0.3, 0.4) is 0 Å². The van der Waals surface area contributed by atoms with E-state index in [4.69, 9.17) is 28.3 Å². The highest BCUT2D eigenvalue weighted by molar-refractivity contribution is 6.39. The van der Waals surface area contributed by atoms with Gasteiger partial charge in [-0.05, 0) is 29.8 Å². The van der Waals surface area contributed by atoms with Gasteiger partial charge in [-0.25, -0.2) is 4.79 Å². The molecule has 2 aromatic rings. The Morgan fingerprint density at radius 1 is 1.00 bits per heavy atom. The number of nitrogens with one attached hydrogen (secondary N) is 1. The van der Waals surface area contributed by atoms with Crippen molar-refractivity contribution < 1.29 is 14.7 Å². The largest absolute Gasteiger partial charge is 0.478 e. The molecule has 0 unspecified atom stereocenters. The maximum Gasteiger partial charge on any atom is 0.335 e. The topological polar surface area (TPSA) is 66.4 Å². The molecule has 0 spiro atoms. The lowest BCUT2D eigenvalue weighted by Crippen LogP contribution is -2.23. The molecule has 0 heterocycles. The molecule has 0 aliphatic rings. The predicted molar refractivity (Wildman–Crippen MR) is 81.0 cm³/mol. The minimum absolute atomic E-state index is 0.194. The lowest BCUT2D eigenvalue weighted by atomic mass is 10.1. The Labute approximate surface area is 131 Å². The third-order valence-corrected chi connectivity index (χ3v) is 3.47. The number of carboxylic acids is 1. The third-order valence-electron chi connectivity index (χ3n) is 2.84. The first-order valence-electron chi connectivity index (χ1n) is 6.03. The van der Waals surface area contributed by atoms with Crippen LogP contribution in [0.25, 0.3) is 0 Å². The maximum absolute atomic E-state index is 12.1. The molecular formula is C15H11Cl2NO3. The minimum Gasteiger partial charge on any atom is -0.478 e. The number of benzene rings is 2. The first kappa shape index (κ1) is 15.4. The van der Waals surface area contributed by atoms with Crippen molar-refractivity contribution in [2.24, 2.45) is 0 Å². The second-order valence-electron chi connectivity index (χ2n) is 4.28. The molecule has 0 aromatic heterocycles. The van der Waals surface area contributed by atoms with Crippen molar-refractivity contribution >= 4 is 35.1 Å². The van der Waals surface area contributed by atoms with Gasteiger partial charge in [0, 0.05) is 6.54 Å². The van der Waals surface area contributed by atoms with Crippen molar-refractivity contribution in [3.05, 3.63) is 69.2 Å². The van der Waals surface area contributed by atoms with Crippen molar-refractivity contribution in [3.8, 4) is 0 Å². The van der Waals surface area contributed by atoms with Gasteiger partial charge in [0.2, 0.25) is 0 Å². The molecule has 0 saturated carbocycles. The summed E-state index contributed by atoms with van der Waals surface area (Å²) in [6.07, 6.45) is 0. The van der Waals surface area contributed by atoms with Crippen LogP contribution in [0.4, 0.5) is 0 Å². The van der Waals surface area contributed by atoms with Crippen LogP contribution < -0.4 is 5.32 Å². The number of hydrogen-bond donors (Lipinski definition) is 2. The normalized spacial score (nSPS) is 10.2. The zero-order chi connectivity index (χ0) is 15.4. The highest BCUT2D eigenvalue weighted by Gasteiger charge is 2.14. The summed E-state index contributed by atoms with van der Waals surface area (Å²) in [6.45, 7) is 0.250. The van der Waals surface area contributed by atoms with Crippen LogP contribution >= 0.6 is 23.2 Å². The smallest absolute Gasteiger partial charge is 0.335 e. The summed E-state index contributed by atoms with van der Waals surface area (Å²) in [5.41, 5.74) is 1.19. The Balaban J connectivity index is 2.06. The Hall–Kier alpha value is -2.04. The highest BCUT2D eigenvalue weighted by Crippen LogP contribution is 2.24. The van der Waals surface area contributed by atoms with Gasteiger partial charge < -0.3 is 10.4 Å². The Morgan fingerprint density at radius 3 is 2.10 bits per heavy atom. The fourth-order valence-corrected chi connectivity index (χ4v) is 2.32. The zero-order valence-corrected chi connectivity index (χ0v) is 12.3. The molecule has 2 aromatic carbocycles. The summed E-state index contributed by atoms with van der Waals surface area (Å²) in [4.78, 5) is 22.8. The summed E-state index contributed by atoms with van der Waals surface area (Å²) in [5.74, 6) is -1.37. The summed E-state index contributed by atoms with van der Waals surface area (Å²) in [6, 6.07) is 11.1. The van der Waals surface area contributed by atoms with E-state index in [2.05, 4.69) is 5.32 Å². The highest BCUT2D eigenvalue weighted by atomic mass is 35.5. The summed E-state index contributed by atoms with van der Waals surface area (Å²) in [5, 5.41) is 12.1. The number of rotatable bonds is 4. The fourth-order valence-electron chi connectivity index (χ4n) is 1.75. The standard InChI is InChI=1S/C15H11Cl2NO3/c16-11-2-1-3-12(17)13(11)14(19)18-8-9-4-6-10(7-5-9)15(20)21/h1-7H,8H2,(H,18,19)(H,20,21). The van der Waals surface area contributed by atoms with Gasteiger partial charge in [0.1, 0.15) is 0 Å². The van der Waals surface area contributed by atoms with E-state index in [9.17, 15) is 9.59 Å². The van der Waals surface area contributed by atoms with Gasteiger partial charge in [0.15, 0.2) is 0 Å². The molecule has 6 heteroatoms. The van der Waals surface area contributed by atoms with Gasteiger partial charge in [-0.2, -0.15) is 0 Å². The van der Waals surface area contributed by atoms with Crippen LogP contribution in [0.15, 0.2) is 42.5 Å². The average Bonchev–Trinajstić information content (AvgIpc) is 2.45. The van der Waals surface area contributed by atoms with Crippen molar-refractivity contribution in [1.29, 1.82) is 0 Å². The number of amides is 1. The predicted octanol–water partition coefficient (Wildman–Crippen LogP) is 3.62. The first-order valence-corrected chi connectivity index (χ1v) is 6.79. The molecule has 0 atom stereocenters.